The Morgan fingerprint density at radius 1 is 0.479 bits per heavy atom. The molecule has 6 heteroatoms. The molecule has 2 aromatic heterocycles. The summed E-state index contributed by atoms with van der Waals surface area (Å²) < 4.78 is 5.28. The molecule has 0 saturated heterocycles. The monoisotopic (exact) mass is 957 g/mol. The highest BCUT2D eigenvalue weighted by atomic mass is 32.1. The molecule has 1 aliphatic carbocycles. The number of benzene rings is 8. The highest BCUT2D eigenvalue weighted by molar-refractivity contribution is 7.26. The molecule has 0 amide bonds. The summed E-state index contributed by atoms with van der Waals surface area (Å²) in [6.07, 6.45) is 4.86. The average Bonchev–Trinajstić information content (AvgIpc) is 3.99. The summed E-state index contributed by atoms with van der Waals surface area (Å²) in [4.78, 5) is 8.14. The number of hydrogen-bond acceptors (Lipinski definition) is 5. The van der Waals surface area contributed by atoms with Crippen LogP contribution in [0.4, 0.5) is 45.5 Å². The Labute approximate surface area is 427 Å². The molecule has 3 nitrogen and oxygen atoms in total. The first-order valence-electron chi connectivity index (χ1n) is 25.9. The van der Waals surface area contributed by atoms with Gasteiger partial charge in [-0.1, -0.05) is 140 Å². The van der Waals surface area contributed by atoms with E-state index >= 15 is 0 Å². The second kappa shape index (κ2) is 14.9. The second-order valence-electron chi connectivity index (χ2n) is 23.7. The average molecular weight is 958 g/mol. The number of thiophene rings is 2. The molecule has 8 aromatic carbocycles. The maximum Gasteiger partial charge on any atom is 0.252 e. The van der Waals surface area contributed by atoms with Crippen molar-refractivity contribution in [1.82, 2.24) is 0 Å². The van der Waals surface area contributed by atoms with Crippen LogP contribution in [0.5, 0.6) is 0 Å². The Bertz CT molecular complexity index is 3900. The molecule has 14 rings (SSSR count). The first kappa shape index (κ1) is 43.5. The number of nitrogens with zero attached hydrogens (tertiary/aromatic N) is 3. The highest BCUT2D eigenvalue weighted by Crippen LogP contribution is 2.62. The number of fused-ring (bicyclic) bond motifs is 13. The zero-order chi connectivity index (χ0) is 48.5. The van der Waals surface area contributed by atoms with Crippen LogP contribution in [-0.4, -0.2) is 12.3 Å². The summed E-state index contributed by atoms with van der Waals surface area (Å²) in [6.45, 7) is 21.6. The van der Waals surface area contributed by atoms with Gasteiger partial charge in [-0.15, -0.1) is 22.7 Å². The molecule has 5 heterocycles. The molecular weight excluding hydrogens is 898 g/mol. The fourth-order valence-electron chi connectivity index (χ4n) is 13.7. The predicted molar refractivity (Wildman–Crippen MR) is 311 cm³/mol. The van der Waals surface area contributed by atoms with Crippen LogP contribution in [0.25, 0.3) is 40.3 Å². The molecule has 2 atom stereocenters. The van der Waals surface area contributed by atoms with Crippen LogP contribution in [0.15, 0.2) is 152 Å². The number of rotatable bonds is 3. The fraction of sp³-hybridized carbons (Fsp3) is 0.262. The summed E-state index contributed by atoms with van der Waals surface area (Å²) in [5, 5.41) is 5.28. The van der Waals surface area contributed by atoms with E-state index < -0.39 is 0 Å². The van der Waals surface area contributed by atoms with Crippen LogP contribution < -0.4 is 31.1 Å². The molecule has 0 radical (unpaired) electrons. The fourth-order valence-corrected chi connectivity index (χ4v) is 16.0. The van der Waals surface area contributed by atoms with E-state index in [2.05, 4.69) is 229 Å². The molecular formula is C65H60BN3S2. The Balaban J connectivity index is 1.08. The van der Waals surface area contributed by atoms with Gasteiger partial charge in [0.25, 0.3) is 6.71 Å². The quantitative estimate of drug-likeness (QED) is 0.163. The highest BCUT2D eigenvalue weighted by Gasteiger charge is 2.58. The van der Waals surface area contributed by atoms with E-state index in [1.54, 1.807) is 0 Å². The lowest BCUT2D eigenvalue weighted by Crippen LogP contribution is -2.61. The maximum atomic E-state index is 2.79. The van der Waals surface area contributed by atoms with E-state index in [-0.39, 0.29) is 28.5 Å². The lowest BCUT2D eigenvalue weighted by atomic mass is 9.33. The molecule has 3 aliphatic heterocycles. The molecule has 350 valence electrons. The van der Waals surface area contributed by atoms with Gasteiger partial charge >= 0.3 is 0 Å². The van der Waals surface area contributed by atoms with Gasteiger partial charge < -0.3 is 14.7 Å². The summed E-state index contributed by atoms with van der Waals surface area (Å²) in [5.41, 5.74) is 19.8. The van der Waals surface area contributed by atoms with Crippen molar-refractivity contribution in [3.8, 4) is 0 Å². The Kier molecular flexibility index (Phi) is 9.10. The predicted octanol–water partition coefficient (Wildman–Crippen LogP) is 17.2. The standard InChI is InChI=1S/C65H60BN3S2/c1-39-34-53-61-54(35-39)68(50-21-17-25-58-60(50)44-19-11-13-23-56(44)71-58)52-38-42(69-48-31-27-40(62(2,3)4)36-45(48)64(8)32-14-15-33-65(64,69)9)28-30-47(52)66(61)46-29-26-41(63(5,6)7)37-51(46)67(53)49-20-16-24-57-59(49)43-18-10-12-22-55(43)70-57/h10-13,16-31,34-38H,14-15,32-33H2,1-9H3. The van der Waals surface area contributed by atoms with Crippen LogP contribution in [-0.2, 0) is 16.2 Å². The number of aryl methyl sites for hydroxylation is 1. The van der Waals surface area contributed by atoms with Crippen LogP contribution in [0.2, 0.25) is 0 Å². The normalized spacial score (nSPS) is 19.4. The molecule has 0 bridgehead atoms. The summed E-state index contributed by atoms with van der Waals surface area (Å²) in [6, 6.07) is 59.6. The molecule has 71 heavy (non-hydrogen) atoms. The van der Waals surface area contributed by atoms with Gasteiger partial charge in [0, 0.05) is 79.9 Å². The Morgan fingerprint density at radius 2 is 1.00 bits per heavy atom. The maximum absolute atomic E-state index is 2.79. The van der Waals surface area contributed by atoms with Gasteiger partial charge in [0.05, 0.1) is 16.9 Å². The van der Waals surface area contributed by atoms with Gasteiger partial charge in [-0.05, 0) is 149 Å². The van der Waals surface area contributed by atoms with Crippen LogP contribution in [0.3, 0.4) is 0 Å². The molecule has 4 aliphatic rings. The molecule has 1 saturated carbocycles. The minimum atomic E-state index is -0.0861. The van der Waals surface area contributed by atoms with Crippen LogP contribution >= 0.6 is 22.7 Å². The van der Waals surface area contributed by atoms with Gasteiger partial charge in [-0.2, -0.15) is 0 Å². The third-order valence-electron chi connectivity index (χ3n) is 17.5. The molecule has 2 unspecified atom stereocenters. The minimum Gasteiger partial charge on any atom is -0.334 e. The Hall–Kier alpha value is -6.34. The molecule has 10 aromatic rings. The topological polar surface area (TPSA) is 9.72 Å². The third kappa shape index (κ3) is 6.01. The summed E-state index contributed by atoms with van der Waals surface area (Å²) >= 11 is 3.81. The third-order valence-corrected chi connectivity index (χ3v) is 19.8. The summed E-state index contributed by atoms with van der Waals surface area (Å²) in [7, 11) is 0. The van der Waals surface area contributed by atoms with Gasteiger partial charge in [0.1, 0.15) is 0 Å². The van der Waals surface area contributed by atoms with Crippen molar-refractivity contribution in [2.45, 2.75) is 110 Å². The van der Waals surface area contributed by atoms with Gasteiger partial charge in [0.15, 0.2) is 0 Å². The zero-order valence-electron chi connectivity index (χ0n) is 42.5. The van der Waals surface area contributed by atoms with Crippen molar-refractivity contribution in [3.63, 3.8) is 0 Å². The summed E-state index contributed by atoms with van der Waals surface area (Å²) in [5.74, 6) is 0. The second-order valence-corrected chi connectivity index (χ2v) is 25.9. The van der Waals surface area contributed by atoms with E-state index in [4.69, 9.17) is 0 Å². The molecule has 1 fully saturated rings. The molecule has 0 spiro atoms. The van der Waals surface area contributed by atoms with E-state index in [0.29, 0.717) is 0 Å². The van der Waals surface area contributed by atoms with Gasteiger partial charge in [0.2, 0.25) is 0 Å². The smallest absolute Gasteiger partial charge is 0.252 e. The van der Waals surface area contributed by atoms with Gasteiger partial charge in [-0.3, -0.25) is 0 Å². The van der Waals surface area contributed by atoms with Gasteiger partial charge in [-0.25, -0.2) is 0 Å². The van der Waals surface area contributed by atoms with Crippen molar-refractivity contribution >= 4 is 132 Å². The zero-order valence-corrected chi connectivity index (χ0v) is 44.1. The Morgan fingerprint density at radius 3 is 1.61 bits per heavy atom. The van der Waals surface area contributed by atoms with Crippen LogP contribution in [0.1, 0.15) is 103 Å². The van der Waals surface area contributed by atoms with Crippen molar-refractivity contribution in [1.29, 1.82) is 0 Å². The van der Waals surface area contributed by atoms with E-state index in [1.807, 2.05) is 22.7 Å². The largest absolute Gasteiger partial charge is 0.334 e. The first-order chi connectivity index (χ1) is 34.1. The van der Waals surface area contributed by atoms with Crippen molar-refractivity contribution < 1.29 is 0 Å². The van der Waals surface area contributed by atoms with E-state index in [1.165, 1.54) is 144 Å². The van der Waals surface area contributed by atoms with Crippen molar-refractivity contribution in [3.05, 3.63) is 174 Å². The first-order valence-corrected chi connectivity index (χ1v) is 27.5. The minimum absolute atomic E-state index is 0.00811. The SMILES string of the molecule is Cc1cc2c3c(c1)N(c1cccc4sc5ccccc5c14)c1cc(C(C)(C)C)ccc1B3c1ccc(N3c4ccc(C(C)(C)C)cc4C4(C)CCCCC34C)cc1N2c1cccc2sc3ccccc3c12. The van der Waals surface area contributed by atoms with Crippen molar-refractivity contribution in [2.75, 3.05) is 14.7 Å². The van der Waals surface area contributed by atoms with Crippen LogP contribution in [0, 0.1) is 6.92 Å². The molecule has 0 N–H and O–H groups in total. The number of hydrogen-bond donors (Lipinski definition) is 0. The lowest BCUT2D eigenvalue weighted by Gasteiger charge is -2.50. The van der Waals surface area contributed by atoms with Crippen molar-refractivity contribution in [2.24, 2.45) is 0 Å². The van der Waals surface area contributed by atoms with E-state index in [9.17, 15) is 0 Å². The van der Waals surface area contributed by atoms with E-state index in [0.717, 1.165) is 6.42 Å². The number of anilines is 8. The lowest BCUT2D eigenvalue weighted by molar-refractivity contribution is 0.195.